The van der Waals surface area contributed by atoms with Crippen LogP contribution in [0.15, 0.2) is 18.2 Å². The molecule has 0 aliphatic heterocycles. The molecule has 0 bridgehead atoms. The van der Waals surface area contributed by atoms with Gasteiger partial charge in [0.15, 0.2) is 6.61 Å². The number of aliphatic hydroxyl groups is 1. The van der Waals surface area contributed by atoms with Gasteiger partial charge in [0.1, 0.15) is 5.75 Å². The van der Waals surface area contributed by atoms with E-state index in [0.29, 0.717) is 17.9 Å². The fourth-order valence-electron chi connectivity index (χ4n) is 1.50. The molecule has 0 saturated carbocycles. The molecule has 4 heteroatoms. The zero-order valence-corrected chi connectivity index (χ0v) is 10.5. The van der Waals surface area contributed by atoms with Crippen LogP contribution in [-0.2, 0) is 4.79 Å². The van der Waals surface area contributed by atoms with E-state index in [1.54, 1.807) is 6.92 Å². The first-order valence-electron chi connectivity index (χ1n) is 5.72. The van der Waals surface area contributed by atoms with E-state index in [0.717, 1.165) is 5.56 Å². The van der Waals surface area contributed by atoms with E-state index >= 15 is 0 Å². The lowest BCUT2D eigenvalue weighted by Gasteiger charge is -2.13. The number of likely N-dealkylation sites (N-methyl/N-ethyl adjacent to an activating group) is 1. The van der Waals surface area contributed by atoms with Gasteiger partial charge in [-0.15, -0.1) is 0 Å². The molecule has 17 heavy (non-hydrogen) atoms. The molecule has 0 aliphatic carbocycles. The molecular formula is C13H19NO3. The Morgan fingerprint density at radius 3 is 2.82 bits per heavy atom. The summed E-state index contributed by atoms with van der Waals surface area (Å²) in [6, 6.07) is 5.54. The van der Waals surface area contributed by atoms with Crippen LogP contribution < -0.4 is 10.1 Å². The van der Waals surface area contributed by atoms with Gasteiger partial charge < -0.3 is 15.2 Å². The molecule has 0 saturated heterocycles. The van der Waals surface area contributed by atoms with Gasteiger partial charge in [-0.25, -0.2) is 0 Å². The summed E-state index contributed by atoms with van der Waals surface area (Å²) in [4.78, 5) is 11.3. The molecule has 2 N–H and O–H groups in total. The van der Waals surface area contributed by atoms with Crippen LogP contribution >= 0.6 is 0 Å². The van der Waals surface area contributed by atoms with Gasteiger partial charge in [-0.05, 0) is 32.4 Å². The minimum Gasteiger partial charge on any atom is -0.483 e. The van der Waals surface area contributed by atoms with E-state index in [4.69, 9.17) is 4.74 Å². The van der Waals surface area contributed by atoms with Crippen LogP contribution in [-0.4, -0.2) is 24.2 Å². The van der Waals surface area contributed by atoms with Crippen molar-refractivity contribution in [1.29, 1.82) is 0 Å². The lowest BCUT2D eigenvalue weighted by Crippen LogP contribution is -2.28. The summed E-state index contributed by atoms with van der Waals surface area (Å²) in [7, 11) is 0. The number of aliphatic hydroxyl groups excluding tert-OH is 1. The molecule has 1 aromatic rings. The maximum atomic E-state index is 11.3. The predicted molar refractivity (Wildman–Crippen MR) is 66.0 cm³/mol. The number of ether oxygens (including phenoxy) is 1. The summed E-state index contributed by atoms with van der Waals surface area (Å²) in [5, 5.41) is 12.2. The zero-order chi connectivity index (χ0) is 12.8. The lowest BCUT2D eigenvalue weighted by atomic mass is 10.1. The normalized spacial score (nSPS) is 12.0. The highest BCUT2D eigenvalue weighted by molar-refractivity contribution is 5.77. The number of hydrogen-bond donors (Lipinski definition) is 2. The third kappa shape index (κ3) is 4.07. The highest BCUT2D eigenvalue weighted by atomic mass is 16.5. The van der Waals surface area contributed by atoms with Gasteiger partial charge in [0, 0.05) is 12.1 Å². The number of benzene rings is 1. The van der Waals surface area contributed by atoms with Crippen molar-refractivity contribution in [2.45, 2.75) is 26.9 Å². The molecule has 94 valence electrons. The topological polar surface area (TPSA) is 58.6 Å². The Morgan fingerprint density at radius 1 is 1.53 bits per heavy atom. The number of amides is 1. The summed E-state index contributed by atoms with van der Waals surface area (Å²) < 4.78 is 5.42. The molecule has 1 rings (SSSR count). The maximum absolute atomic E-state index is 11.3. The molecule has 0 radical (unpaired) electrons. The average Bonchev–Trinajstić information content (AvgIpc) is 2.26. The summed E-state index contributed by atoms with van der Waals surface area (Å²) in [6.45, 7) is 6.01. The third-order valence-corrected chi connectivity index (χ3v) is 2.35. The highest BCUT2D eigenvalue weighted by Crippen LogP contribution is 2.26. The first-order valence-corrected chi connectivity index (χ1v) is 5.72. The van der Waals surface area contributed by atoms with Gasteiger partial charge in [-0.2, -0.15) is 0 Å². The fourth-order valence-corrected chi connectivity index (χ4v) is 1.50. The first kappa shape index (κ1) is 13.5. The van der Waals surface area contributed by atoms with Crippen molar-refractivity contribution in [3.8, 4) is 5.75 Å². The van der Waals surface area contributed by atoms with E-state index in [9.17, 15) is 9.90 Å². The van der Waals surface area contributed by atoms with Crippen molar-refractivity contribution in [3.63, 3.8) is 0 Å². The van der Waals surface area contributed by atoms with E-state index in [1.807, 2.05) is 32.0 Å². The van der Waals surface area contributed by atoms with E-state index in [-0.39, 0.29) is 12.5 Å². The largest absolute Gasteiger partial charge is 0.483 e. The summed E-state index contributed by atoms with van der Waals surface area (Å²) in [5.41, 5.74) is 1.72. The molecule has 0 aromatic heterocycles. The lowest BCUT2D eigenvalue weighted by molar-refractivity contribution is -0.123. The highest BCUT2D eigenvalue weighted by Gasteiger charge is 2.10. The Bertz CT molecular complexity index is 388. The van der Waals surface area contributed by atoms with Crippen molar-refractivity contribution < 1.29 is 14.6 Å². The molecule has 1 atom stereocenters. The molecule has 0 spiro atoms. The summed E-state index contributed by atoms with van der Waals surface area (Å²) >= 11 is 0. The van der Waals surface area contributed by atoms with Crippen molar-refractivity contribution in [2.24, 2.45) is 0 Å². The monoisotopic (exact) mass is 237 g/mol. The first-order chi connectivity index (χ1) is 8.04. The van der Waals surface area contributed by atoms with Gasteiger partial charge in [-0.1, -0.05) is 12.1 Å². The Balaban J connectivity index is 2.75. The van der Waals surface area contributed by atoms with Gasteiger partial charge in [0.25, 0.3) is 5.91 Å². The van der Waals surface area contributed by atoms with Crippen LogP contribution in [0.2, 0.25) is 0 Å². The van der Waals surface area contributed by atoms with Gasteiger partial charge >= 0.3 is 0 Å². The van der Waals surface area contributed by atoms with Crippen LogP contribution in [0.1, 0.15) is 31.1 Å². The van der Waals surface area contributed by atoms with Crippen LogP contribution in [0.4, 0.5) is 0 Å². The summed E-state index contributed by atoms with van der Waals surface area (Å²) in [5.74, 6) is 0.400. The second-order valence-corrected chi connectivity index (χ2v) is 3.96. The molecule has 0 aliphatic rings. The number of rotatable bonds is 5. The van der Waals surface area contributed by atoms with Crippen LogP contribution in [0.3, 0.4) is 0 Å². The molecule has 0 heterocycles. The van der Waals surface area contributed by atoms with Crippen molar-refractivity contribution in [2.75, 3.05) is 13.2 Å². The predicted octanol–water partition coefficient (Wildman–Crippen LogP) is 1.56. The molecular weight excluding hydrogens is 218 g/mol. The number of carbonyl (C=O) groups excluding carboxylic acids is 1. The van der Waals surface area contributed by atoms with Crippen LogP contribution in [0, 0.1) is 6.92 Å². The average molecular weight is 237 g/mol. The van der Waals surface area contributed by atoms with E-state index in [2.05, 4.69) is 5.32 Å². The number of nitrogens with one attached hydrogen (secondary N) is 1. The molecule has 1 unspecified atom stereocenters. The van der Waals surface area contributed by atoms with Gasteiger partial charge in [0.2, 0.25) is 0 Å². The Hall–Kier alpha value is -1.55. The minimum atomic E-state index is -0.611. The zero-order valence-electron chi connectivity index (χ0n) is 10.5. The Morgan fingerprint density at radius 2 is 2.24 bits per heavy atom. The van der Waals surface area contributed by atoms with E-state index in [1.165, 1.54) is 0 Å². The number of hydrogen-bond acceptors (Lipinski definition) is 3. The smallest absolute Gasteiger partial charge is 0.257 e. The Kier molecular flexibility index (Phi) is 4.97. The standard InChI is InChI=1S/C13H19NO3/c1-4-14-13(16)8-17-12-7-9(2)5-6-11(12)10(3)15/h5-7,10,15H,4,8H2,1-3H3,(H,14,16). The second-order valence-electron chi connectivity index (χ2n) is 3.96. The fraction of sp³-hybridized carbons (Fsp3) is 0.462. The van der Waals surface area contributed by atoms with Crippen LogP contribution in [0.5, 0.6) is 5.75 Å². The maximum Gasteiger partial charge on any atom is 0.257 e. The number of carbonyl (C=O) groups is 1. The molecule has 0 fully saturated rings. The van der Waals surface area contributed by atoms with Crippen molar-refractivity contribution in [1.82, 2.24) is 5.32 Å². The second kappa shape index (κ2) is 6.25. The van der Waals surface area contributed by atoms with E-state index < -0.39 is 6.10 Å². The van der Waals surface area contributed by atoms with Crippen molar-refractivity contribution in [3.05, 3.63) is 29.3 Å². The SMILES string of the molecule is CCNC(=O)COc1cc(C)ccc1C(C)O. The molecule has 1 aromatic carbocycles. The van der Waals surface area contributed by atoms with Crippen molar-refractivity contribution >= 4 is 5.91 Å². The Labute approximate surface area is 102 Å². The molecule has 4 nitrogen and oxygen atoms in total. The third-order valence-electron chi connectivity index (χ3n) is 2.35. The van der Waals surface area contributed by atoms with Gasteiger partial charge in [0.05, 0.1) is 6.10 Å². The minimum absolute atomic E-state index is 0.0307. The molecule has 1 amide bonds. The number of aryl methyl sites for hydroxylation is 1. The quantitative estimate of drug-likeness (QED) is 0.817. The van der Waals surface area contributed by atoms with Crippen LogP contribution in [0.25, 0.3) is 0 Å². The van der Waals surface area contributed by atoms with Gasteiger partial charge in [-0.3, -0.25) is 4.79 Å². The summed E-state index contributed by atoms with van der Waals surface area (Å²) in [6.07, 6.45) is -0.611.